The lowest BCUT2D eigenvalue weighted by Gasteiger charge is -2.39. The van der Waals surface area contributed by atoms with Crippen molar-refractivity contribution in [2.24, 2.45) is 11.8 Å². The fourth-order valence-corrected chi connectivity index (χ4v) is 5.23. The van der Waals surface area contributed by atoms with E-state index in [0.717, 1.165) is 44.0 Å². The number of nitrogens with zero attached hydrogens (tertiary/aromatic N) is 2. The Labute approximate surface area is 186 Å². The molecule has 4 rings (SSSR count). The van der Waals surface area contributed by atoms with Crippen molar-refractivity contribution in [3.05, 3.63) is 54.4 Å². The van der Waals surface area contributed by atoms with E-state index in [1.54, 1.807) is 0 Å². The molecule has 1 amide bonds. The van der Waals surface area contributed by atoms with E-state index in [1.165, 1.54) is 38.6 Å². The van der Waals surface area contributed by atoms with Crippen molar-refractivity contribution >= 4 is 5.91 Å². The number of rotatable bonds is 8. The molecule has 5 nitrogen and oxygen atoms in total. The number of benzene rings is 1. The minimum atomic E-state index is 0.0591. The Balaban J connectivity index is 1.33. The molecule has 0 spiro atoms. The number of piperidine rings is 1. The second-order valence-corrected chi connectivity index (χ2v) is 9.19. The van der Waals surface area contributed by atoms with Gasteiger partial charge in [-0.3, -0.25) is 4.79 Å². The van der Waals surface area contributed by atoms with E-state index in [1.807, 2.05) is 48.8 Å². The van der Waals surface area contributed by atoms with Crippen LogP contribution in [-0.2, 0) is 4.74 Å². The summed E-state index contributed by atoms with van der Waals surface area (Å²) in [6.07, 6.45) is 11.4. The molecule has 0 radical (unpaired) electrons. The van der Waals surface area contributed by atoms with Crippen LogP contribution in [0.3, 0.4) is 0 Å². The Hall–Kier alpha value is -2.11. The summed E-state index contributed by atoms with van der Waals surface area (Å²) in [4.78, 5) is 15.6. The molecule has 2 heterocycles. The van der Waals surface area contributed by atoms with E-state index >= 15 is 0 Å². The third-order valence-electron chi connectivity index (χ3n) is 6.91. The standard InChI is InChI=1S/C26H37N3O2/c1-2-31-20-21-8-7-15-28(18-21)19-23-9-3-4-10-25(23)27-26(30)22-11-13-24(14-12-22)29-16-5-6-17-29/h5-6,11-14,16-17,21,23,25H,2-4,7-10,15,18-20H2,1H3,(H,27,30)/t21-,23-,25+/m1/s1. The van der Waals surface area contributed by atoms with Gasteiger partial charge < -0.3 is 19.5 Å². The van der Waals surface area contributed by atoms with Gasteiger partial charge in [0, 0.05) is 49.4 Å². The van der Waals surface area contributed by atoms with Crippen molar-refractivity contribution in [1.82, 2.24) is 14.8 Å². The molecule has 0 bridgehead atoms. The van der Waals surface area contributed by atoms with Crippen LogP contribution < -0.4 is 5.32 Å². The van der Waals surface area contributed by atoms with Crippen LogP contribution in [0.1, 0.15) is 55.8 Å². The van der Waals surface area contributed by atoms with Gasteiger partial charge in [-0.15, -0.1) is 0 Å². The molecule has 2 fully saturated rings. The summed E-state index contributed by atoms with van der Waals surface area (Å²) in [6.45, 7) is 7.18. The number of hydrogen-bond acceptors (Lipinski definition) is 3. The molecule has 0 unspecified atom stereocenters. The number of carbonyl (C=O) groups excluding carboxylic acids is 1. The Kier molecular flexibility index (Phi) is 7.81. The fourth-order valence-electron chi connectivity index (χ4n) is 5.23. The predicted octanol–water partition coefficient (Wildman–Crippen LogP) is 4.51. The Bertz CT molecular complexity index is 803. The number of amides is 1. The number of nitrogens with one attached hydrogen (secondary N) is 1. The second-order valence-electron chi connectivity index (χ2n) is 9.19. The molecule has 1 saturated carbocycles. The number of carbonyl (C=O) groups is 1. The van der Waals surface area contributed by atoms with Gasteiger partial charge in [0.2, 0.25) is 0 Å². The summed E-state index contributed by atoms with van der Waals surface area (Å²) in [6, 6.07) is 12.2. The highest BCUT2D eigenvalue weighted by Gasteiger charge is 2.30. The van der Waals surface area contributed by atoms with Crippen LogP contribution in [0.15, 0.2) is 48.8 Å². The molecular weight excluding hydrogens is 386 g/mol. The van der Waals surface area contributed by atoms with Crippen LogP contribution in [0.25, 0.3) is 5.69 Å². The zero-order chi connectivity index (χ0) is 21.5. The van der Waals surface area contributed by atoms with Gasteiger partial charge in [0.05, 0.1) is 6.61 Å². The van der Waals surface area contributed by atoms with Crippen molar-refractivity contribution in [3.63, 3.8) is 0 Å². The molecule has 31 heavy (non-hydrogen) atoms. The molecule has 2 aromatic rings. The number of aromatic nitrogens is 1. The highest BCUT2D eigenvalue weighted by molar-refractivity contribution is 5.94. The lowest BCUT2D eigenvalue weighted by atomic mass is 9.83. The highest BCUT2D eigenvalue weighted by atomic mass is 16.5. The average Bonchev–Trinajstić information content (AvgIpc) is 3.34. The Morgan fingerprint density at radius 1 is 1.06 bits per heavy atom. The topological polar surface area (TPSA) is 46.5 Å². The fraction of sp³-hybridized carbons (Fsp3) is 0.577. The molecule has 1 aliphatic carbocycles. The van der Waals surface area contributed by atoms with E-state index in [9.17, 15) is 4.79 Å². The average molecular weight is 424 g/mol. The number of likely N-dealkylation sites (tertiary alicyclic amines) is 1. The van der Waals surface area contributed by atoms with E-state index in [2.05, 4.69) is 21.7 Å². The zero-order valence-corrected chi connectivity index (χ0v) is 18.8. The van der Waals surface area contributed by atoms with E-state index in [4.69, 9.17) is 4.74 Å². The summed E-state index contributed by atoms with van der Waals surface area (Å²) in [7, 11) is 0. The number of hydrogen-bond donors (Lipinski definition) is 1. The van der Waals surface area contributed by atoms with Crippen molar-refractivity contribution in [3.8, 4) is 5.69 Å². The van der Waals surface area contributed by atoms with Crippen molar-refractivity contribution in [2.75, 3.05) is 32.8 Å². The Morgan fingerprint density at radius 2 is 1.84 bits per heavy atom. The van der Waals surface area contributed by atoms with Crippen LogP contribution in [0.4, 0.5) is 0 Å². The molecule has 1 aromatic carbocycles. The summed E-state index contributed by atoms with van der Waals surface area (Å²) in [5.74, 6) is 1.26. The first-order valence-corrected chi connectivity index (χ1v) is 12.1. The van der Waals surface area contributed by atoms with Crippen molar-refractivity contribution in [1.29, 1.82) is 0 Å². The van der Waals surface area contributed by atoms with E-state index in [0.29, 0.717) is 11.8 Å². The SMILES string of the molecule is CCOC[C@@H]1CCCN(C[C@H]2CCCC[C@@H]2NC(=O)c2ccc(-n3cccc3)cc2)C1. The molecule has 1 aromatic heterocycles. The predicted molar refractivity (Wildman–Crippen MR) is 125 cm³/mol. The summed E-state index contributed by atoms with van der Waals surface area (Å²) >= 11 is 0. The molecule has 5 heteroatoms. The van der Waals surface area contributed by atoms with E-state index in [-0.39, 0.29) is 11.9 Å². The third kappa shape index (κ3) is 5.98. The molecular formula is C26H37N3O2. The second kappa shape index (κ2) is 11.0. The molecule has 2 aliphatic rings. The van der Waals surface area contributed by atoms with Gasteiger partial charge >= 0.3 is 0 Å². The lowest BCUT2D eigenvalue weighted by molar-refractivity contribution is 0.0548. The molecule has 168 valence electrons. The maximum absolute atomic E-state index is 13.0. The molecule has 1 N–H and O–H groups in total. The van der Waals surface area contributed by atoms with Crippen molar-refractivity contribution in [2.45, 2.75) is 51.5 Å². The highest BCUT2D eigenvalue weighted by Crippen LogP contribution is 2.28. The van der Waals surface area contributed by atoms with E-state index < -0.39 is 0 Å². The van der Waals surface area contributed by atoms with Crippen molar-refractivity contribution < 1.29 is 9.53 Å². The summed E-state index contributed by atoms with van der Waals surface area (Å²) in [5, 5.41) is 3.38. The lowest BCUT2D eigenvalue weighted by Crippen LogP contribution is -2.48. The zero-order valence-electron chi connectivity index (χ0n) is 18.8. The first-order valence-electron chi connectivity index (χ1n) is 12.1. The van der Waals surface area contributed by atoms with Gasteiger partial charge in [-0.1, -0.05) is 12.8 Å². The third-order valence-corrected chi connectivity index (χ3v) is 6.91. The van der Waals surface area contributed by atoms with Gasteiger partial charge in [0.25, 0.3) is 5.91 Å². The summed E-state index contributed by atoms with van der Waals surface area (Å²) < 4.78 is 7.73. The first kappa shape index (κ1) is 22.1. The maximum atomic E-state index is 13.0. The van der Waals surface area contributed by atoms with Gasteiger partial charge in [-0.25, -0.2) is 0 Å². The van der Waals surface area contributed by atoms with Crippen LogP contribution >= 0.6 is 0 Å². The smallest absolute Gasteiger partial charge is 0.251 e. The minimum Gasteiger partial charge on any atom is -0.381 e. The molecule has 1 aliphatic heterocycles. The van der Waals surface area contributed by atoms with Crippen LogP contribution in [0.5, 0.6) is 0 Å². The molecule has 1 saturated heterocycles. The minimum absolute atomic E-state index is 0.0591. The van der Waals surface area contributed by atoms with Crippen LogP contribution in [-0.4, -0.2) is 54.3 Å². The van der Waals surface area contributed by atoms with Crippen LogP contribution in [0.2, 0.25) is 0 Å². The Morgan fingerprint density at radius 3 is 2.61 bits per heavy atom. The van der Waals surface area contributed by atoms with Crippen LogP contribution in [0, 0.1) is 11.8 Å². The quantitative estimate of drug-likeness (QED) is 0.679. The van der Waals surface area contributed by atoms with Gasteiger partial charge in [0.1, 0.15) is 0 Å². The summed E-state index contributed by atoms with van der Waals surface area (Å²) in [5.41, 5.74) is 1.82. The monoisotopic (exact) mass is 423 g/mol. The largest absolute Gasteiger partial charge is 0.381 e. The first-order chi connectivity index (χ1) is 15.2. The normalized spacial score (nSPS) is 24.7. The van der Waals surface area contributed by atoms with Gasteiger partial charge in [-0.2, -0.15) is 0 Å². The van der Waals surface area contributed by atoms with Gasteiger partial charge in [0.15, 0.2) is 0 Å². The molecule has 3 atom stereocenters. The maximum Gasteiger partial charge on any atom is 0.251 e. The van der Waals surface area contributed by atoms with Gasteiger partial charge in [-0.05, 0) is 87.4 Å². The number of ether oxygens (including phenoxy) is 1.